The van der Waals surface area contributed by atoms with E-state index in [0.29, 0.717) is 33.7 Å². The van der Waals surface area contributed by atoms with E-state index in [1.165, 1.54) is 17.5 Å². The monoisotopic (exact) mass is 436 g/mol. The lowest BCUT2D eigenvalue weighted by Gasteiger charge is -2.18. The van der Waals surface area contributed by atoms with Crippen molar-refractivity contribution in [2.45, 2.75) is 6.04 Å². The van der Waals surface area contributed by atoms with Crippen molar-refractivity contribution in [3.05, 3.63) is 51.1 Å². The Hall–Kier alpha value is -3.66. The molecular weight excluding hydrogens is 416 g/mol. The Bertz CT molecular complexity index is 1430. The Morgan fingerprint density at radius 1 is 1.45 bits per heavy atom. The molecule has 0 bridgehead atoms. The Morgan fingerprint density at radius 2 is 2.29 bits per heavy atom. The molecule has 158 valence electrons. The van der Waals surface area contributed by atoms with Gasteiger partial charge in [0.15, 0.2) is 0 Å². The summed E-state index contributed by atoms with van der Waals surface area (Å²) in [4.78, 5) is 26.5. The highest BCUT2D eigenvalue weighted by molar-refractivity contribution is 7.09. The smallest absolute Gasteiger partial charge is 0.329 e. The summed E-state index contributed by atoms with van der Waals surface area (Å²) in [6, 6.07) is 1.45. The predicted octanol–water partition coefficient (Wildman–Crippen LogP) is 2.34. The van der Waals surface area contributed by atoms with Gasteiger partial charge in [-0.25, -0.2) is 9.78 Å². The molecule has 2 N–H and O–H groups in total. The third kappa shape index (κ3) is 2.68. The first-order chi connectivity index (χ1) is 15.1. The highest BCUT2D eigenvalue weighted by atomic mass is 32.1. The van der Waals surface area contributed by atoms with E-state index in [0.717, 1.165) is 15.9 Å². The Labute approximate surface area is 181 Å². The van der Waals surface area contributed by atoms with Crippen LogP contribution in [0.2, 0.25) is 0 Å². The van der Waals surface area contributed by atoms with E-state index < -0.39 is 0 Å². The number of thiazole rings is 1. The molecule has 0 aliphatic carbocycles. The summed E-state index contributed by atoms with van der Waals surface area (Å²) in [7, 11) is 5.00. The number of aromatic nitrogens is 4. The van der Waals surface area contributed by atoms with E-state index in [9.17, 15) is 4.79 Å². The van der Waals surface area contributed by atoms with Crippen LogP contribution in [0.15, 0.2) is 39.8 Å². The topological polar surface area (TPSA) is 110 Å². The molecule has 1 aliphatic heterocycles. The van der Waals surface area contributed by atoms with Crippen molar-refractivity contribution in [3.63, 3.8) is 0 Å². The minimum absolute atomic E-state index is 0.150. The van der Waals surface area contributed by atoms with Crippen LogP contribution < -0.4 is 20.9 Å². The average Bonchev–Trinajstić information content (AvgIpc) is 3.35. The lowest BCUT2D eigenvalue weighted by atomic mass is 10.0. The summed E-state index contributed by atoms with van der Waals surface area (Å²) >= 11 is 1.49. The molecule has 4 aromatic rings. The number of aliphatic imine (C=N–C) groups is 1. The van der Waals surface area contributed by atoms with Gasteiger partial charge < -0.3 is 15.2 Å². The summed E-state index contributed by atoms with van der Waals surface area (Å²) in [6.45, 7) is 0.220. The first kappa shape index (κ1) is 19.3. The fourth-order valence-electron chi connectivity index (χ4n) is 4.14. The molecule has 1 atom stereocenters. The van der Waals surface area contributed by atoms with E-state index in [4.69, 9.17) is 15.2 Å². The molecule has 31 heavy (non-hydrogen) atoms. The summed E-state index contributed by atoms with van der Waals surface area (Å²) < 4.78 is 15.4. The summed E-state index contributed by atoms with van der Waals surface area (Å²) in [6.07, 6.45) is 6.55. The molecule has 0 amide bonds. The second kappa shape index (κ2) is 7.24. The SMILES string of the molecule is CN=CC(=CN)c1c(OC)cc2ncc3c4c2c1OCC(c1nccs1)n4c(=O)n3C. The number of pyridine rings is 1. The molecular formula is C21H20N6O3S. The maximum atomic E-state index is 13.3. The molecule has 10 heteroatoms. The Balaban J connectivity index is 1.97. The largest absolute Gasteiger partial charge is 0.496 e. The first-order valence-electron chi connectivity index (χ1n) is 9.57. The van der Waals surface area contributed by atoms with Gasteiger partial charge in [0.25, 0.3) is 0 Å². The average molecular weight is 436 g/mol. The lowest BCUT2D eigenvalue weighted by Crippen LogP contribution is -2.29. The zero-order chi connectivity index (χ0) is 21.7. The molecule has 0 radical (unpaired) electrons. The van der Waals surface area contributed by atoms with Crippen LogP contribution in [-0.2, 0) is 7.05 Å². The van der Waals surface area contributed by atoms with Crippen LogP contribution in [0.1, 0.15) is 16.6 Å². The predicted molar refractivity (Wildman–Crippen MR) is 121 cm³/mol. The van der Waals surface area contributed by atoms with Gasteiger partial charge in [0.05, 0.1) is 40.8 Å². The van der Waals surface area contributed by atoms with Crippen molar-refractivity contribution in [1.82, 2.24) is 19.1 Å². The third-order valence-corrected chi connectivity index (χ3v) is 6.39. The minimum Gasteiger partial charge on any atom is -0.496 e. The molecule has 3 aromatic heterocycles. The number of rotatable bonds is 4. The van der Waals surface area contributed by atoms with Gasteiger partial charge in [-0.3, -0.25) is 19.1 Å². The molecule has 1 aromatic carbocycles. The molecule has 0 saturated carbocycles. The maximum absolute atomic E-state index is 13.3. The number of methoxy groups -OCH3 is 1. The van der Waals surface area contributed by atoms with Crippen LogP contribution >= 0.6 is 11.3 Å². The van der Waals surface area contributed by atoms with Crippen LogP contribution in [0, 0.1) is 0 Å². The van der Waals surface area contributed by atoms with Crippen molar-refractivity contribution in [1.29, 1.82) is 0 Å². The van der Waals surface area contributed by atoms with Gasteiger partial charge in [-0.2, -0.15) is 0 Å². The van der Waals surface area contributed by atoms with Gasteiger partial charge in [0.1, 0.15) is 29.2 Å². The lowest BCUT2D eigenvalue weighted by molar-refractivity contribution is 0.276. The third-order valence-electron chi connectivity index (χ3n) is 5.52. The second-order valence-electron chi connectivity index (χ2n) is 7.09. The van der Waals surface area contributed by atoms with E-state index in [1.807, 2.05) is 11.4 Å². The maximum Gasteiger partial charge on any atom is 0.329 e. The molecule has 5 rings (SSSR count). The molecule has 1 aliphatic rings. The van der Waals surface area contributed by atoms with E-state index in [2.05, 4.69) is 15.0 Å². The Morgan fingerprint density at radius 3 is 2.97 bits per heavy atom. The Kier molecular flexibility index (Phi) is 4.51. The van der Waals surface area contributed by atoms with Crippen LogP contribution in [0.25, 0.3) is 27.5 Å². The molecule has 4 heterocycles. The van der Waals surface area contributed by atoms with Gasteiger partial charge in [-0.05, 0) is 0 Å². The minimum atomic E-state index is -0.377. The zero-order valence-electron chi connectivity index (χ0n) is 17.2. The van der Waals surface area contributed by atoms with Crippen molar-refractivity contribution in [3.8, 4) is 11.5 Å². The number of imidazole rings is 1. The number of nitrogens with zero attached hydrogens (tertiary/aromatic N) is 5. The van der Waals surface area contributed by atoms with E-state index >= 15 is 0 Å². The number of aryl methyl sites for hydroxylation is 1. The second-order valence-corrected chi connectivity index (χ2v) is 8.01. The van der Waals surface area contributed by atoms with E-state index in [-0.39, 0.29) is 18.3 Å². The fourth-order valence-corrected chi connectivity index (χ4v) is 4.85. The summed E-state index contributed by atoms with van der Waals surface area (Å²) in [5, 5.41) is 3.42. The number of nitrogens with two attached hydrogens (primary N) is 1. The van der Waals surface area contributed by atoms with Crippen molar-refractivity contribution in [2.75, 3.05) is 20.8 Å². The first-order valence-corrected chi connectivity index (χ1v) is 10.5. The fraction of sp³-hybridized carbons (Fsp3) is 0.238. The van der Waals surface area contributed by atoms with Crippen LogP contribution in [0.5, 0.6) is 11.5 Å². The van der Waals surface area contributed by atoms with Gasteiger partial charge >= 0.3 is 5.69 Å². The van der Waals surface area contributed by atoms with Crippen molar-refractivity contribution in [2.24, 2.45) is 17.8 Å². The number of allylic oxidation sites excluding steroid dienone is 1. The summed E-state index contributed by atoms with van der Waals surface area (Å²) in [5.41, 5.74) is 9.22. The van der Waals surface area contributed by atoms with Gasteiger partial charge in [-0.15, -0.1) is 11.3 Å². The van der Waals surface area contributed by atoms with Crippen molar-refractivity contribution >= 4 is 45.1 Å². The zero-order valence-corrected chi connectivity index (χ0v) is 18.0. The molecule has 1 unspecified atom stereocenters. The van der Waals surface area contributed by atoms with Gasteiger partial charge in [0, 0.05) is 49.7 Å². The van der Waals surface area contributed by atoms with E-state index in [1.54, 1.807) is 48.9 Å². The van der Waals surface area contributed by atoms with Crippen LogP contribution in [-0.4, -0.2) is 46.1 Å². The van der Waals surface area contributed by atoms with Gasteiger partial charge in [0.2, 0.25) is 0 Å². The summed E-state index contributed by atoms with van der Waals surface area (Å²) in [5.74, 6) is 1.12. The normalized spacial score (nSPS) is 16.4. The van der Waals surface area contributed by atoms with Crippen molar-refractivity contribution < 1.29 is 9.47 Å². The number of hydrogen-bond donors (Lipinski definition) is 1. The highest BCUT2D eigenvalue weighted by Crippen LogP contribution is 2.45. The molecule has 0 fully saturated rings. The molecule has 9 nitrogen and oxygen atoms in total. The quantitative estimate of drug-likeness (QED) is 0.492. The standard InChI is InChI=1S/C21H20N6O3S/c1-23-8-11(7-22)16-15(29-3)6-12-17-18-13(9-25-12)26(2)21(28)27(18)14(10-30-19(16)17)20-24-4-5-31-20/h4-9,14H,10,22H2,1-3H3. The highest BCUT2D eigenvalue weighted by Gasteiger charge is 2.32. The van der Waals surface area contributed by atoms with Gasteiger partial charge in [-0.1, -0.05) is 0 Å². The molecule has 0 spiro atoms. The van der Waals surface area contributed by atoms with Crippen LogP contribution in [0.3, 0.4) is 0 Å². The number of hydrogen-bond acceptors (Lipinski definition) is 8. The number of benzene rings is 1. The van der Waals surface area contributed by atoms with Crippen LogP contribution in [0.4, 0.5) is 0 Å². The number of ether oxygens (including phenoxy) is 2. The molecule has 0 saturated heterocycles.